The van der Waals surface area contributed by atoms with Crippen LogP contribution in [0, 0.1) is 14.9 Å². The first-order chi connectivity index (χ1) is 22.8. The smallest absolute Gasteiger partial charge is 0.358 e. The molecule has 0 amide bonds. The van der Waals surface area contributed by atoms with Crippen LogP contribution in [0.25, 0.3) is 0 Å². The van der Waals surface area contributed by atoms with Gasteiger partial charge in [0.05, 0.1) is 35.3 Å². The molecule has 6 aromatic rings. The largest absolute Gasteiger partial charge is 2.00 e. The molecular formula is C46H50P2Ru+2. The predicted molar refractivity (Wildman–Crippen MR) is 217 cm³/mol. The van der Waals surface area contributed by atoms with Crippen molar-refractivity contribution in [2.75, 3.05) is 0 Å². The van der Waals surface area contributed by atoms with Gasteiger partial charge in [-0.2, -0.15) is 0 Å². The average molecular weight is 766 g/mol. The number of rotatable bonds is 10. The van der Waals surface area contributed by atoms with Gasteiger partial charge in [-0.25, -0.2) is 0 Å². The molecule has 4 aliphatic rings. The van der Waals surface area contributed by atoms with Crippen LogP contribution in [-0.2, 0) is 69.8 Å². The summed E-state index contributed by atoms with van der Waals surface area (Å²) in [5, 5.41) is 3.31. The first-order valence-corrected chi connectivity index (χ1v) is 20.7. The summed E-state index contributed by atoms with van der Waals surface area (Å²) in [6.45, 7) is 0. The molecule has 0 aliphatic heterocycles. The third-order valence-corrected chi connectivity index (χ3v) is 15.3. The molecule has 0 aromatic heterocycles. The molecule has 0 spiro atoms. The van der Waals surface area contributed by atoms with E-state index in [1.165, 1.54) is 58.0 Å². The molecule has 0 saturated heterocycles. The fourth-order valence-electron chi connectivity index (χ4n) is 7.09. The first-order valence-electron chi connectivity index (χ1n) is 16.9. The summed E-state index contributed by atoms with van der Waals surface area (Å²) in [6.07, 6.45) is 9.06. The average Bonchev–Trinajstić information content (AvgIpc) is 3.10. The van der Waals surface area contributed by atoms with Crippen molar-refractivity contribution in [1.29, 1.82) is 0 Å². The molecule has 4 aliphatic carbocycles. The van der Waals surface area contributed by atoms with E-state index in [-0.39, 0.29) is 34.3 Å². The van der Waals surface area contributed by atoms with Gasteiger partial charge >= 0.3 is 19.5 Å². The van der Waals surface area contributed by atoms with E-state index in [4.69, 9.17) is 0 Å². The molecule has 49 heavy (non-hydrogen) atoms. The molecule has 0 nitrogen and oxygen atoms in total. The normalized spacial score (nSPS) is 12.0. The van der Waals surface area contributed by atoms with Gasteiger partial charge in [0, 0.05) is 15.8 Å². The van der Waals surface area contributed by atoms with E-state index in [1.807, 2.05) is 0 Å². The van der Waals surface area contributed by atoms with Crippen molar-refractivity contribution in [3.63, 3.8) is 0 Å². The minimum atomic E-state index is -0.865. The molecule has 4 bridgehead atoms. The Morgan fingerprint density at radius 3 is 0.918 bits per heavy atom. The zero-order chi connectivity index (χ0) is 31.0. The van der Waals surface area contributed by atoms with Gasteiger partial charge in [-0.15, -0.1) is 0 Å². The number of benzene rings is 6. The SMILES string of the molecule is [CH3-].[CH3-].[Ru+2].c1ccc(C[PH+](Cc2ccccc2)c2cc3ccc2CCc2ccc(c([PH+](Cc4ccccc4)Cc4ccccc4)c2)CC3)cc1. The number of aryl methyl sites for hydroxylation is 4. The molecule has 0 heterocycles. The zero-order valence-corrected chi connectivity index (χ0v) is 32.8. The Labute approximate surface area is 311 Å². The Hall–Kier alpha value is -3.20. The molecule has 10 rings (SSSR count). The Morgan fingerprint density at radius 1 is 0.347 bits per heavy atom. The van der Waals surface area contributed by atoms with Gasteiger partial charge in [-0.05, 0) is 82.3 Å². The maximum absolute atomic E-state index is 2.63. The number of hydrogen-bond acceptors (Lipinski definition) is 0. The minimum Gasteiger partial charge on any atom is -0.358 e. The van der Waals surface area contributed by atoms with Crippen LogP contribution in [0.4, 0.5) is 0 Å². The van der Waals surface area contributed by atoms with Gasteiger partial charge < -0.3 is 14.9 Å². The van der Waals surface area contributed by atoms with E-state index in [2.05, 4.69) is 158 Å². The molecule has 0 unspecified atom stereocenters. The topological polar surface area (TPSA) is 0 Å². The standard InChI is InChI=1S/C44H42P2.2CH3.Ru/c1-5-13-37(14-6-1)31-45(32-38-15-7-2-8-16-38)43-29-35-21-25-41(43)27-23-36-22-26-42(28-24-35)44(30-36)46(33-39-17-9-3-10-18-39)34-40-19-11-4-12-20-40;;;/h1-22,25-26,29-30H,23-24,27-28,31-34H2;2*1H3;/q;2*-1;+2/p+2. The fraction of sp³-hybridized carbons (Fsp3) is 0.174. The molecule has 0 fully saturated rings. The van der Waals surface area contributed by atoms with E-state index in [9.17, 15) is 0 Å². The van der Waals surface area contributed by atoms with Crippen LogP contribution < -0.4 is 10.6 Å². The summed E-state index contributed by atoms with van der Waals surface area (Å²) >= 11 is 0. The Balaban J connectivity index is 0.00000180. The maximum atomic E-state index is 2.63. The quantitative estimate of drug-likeness (QED) is 0.0740. The molecule has 0 N–H and O–H groups in total. The second-order valence-electron chi connectivity index (χ2n) is 12.8. The maximum Gasteiger partial charge on any atom is 2.00 e. The summed E-state index contributed by atoms with van der Waals surface area (Å²) in [4.78, 5) is 0. The molecule has 3 heteroatoms. The molecule has 0 saturated carbocycles. The van der Waals surface area contributed by atoms with E-state index in [0.29, 0.717) is 0 Å². The van der Waals surface area contributed by atoms with Crippen LogP contribution in [0.3, 0.4) is 0 Å². The minimum absolute atomic E-state index is 0. The van der Waals surface area contributed by atoms with Crippen LogP contribution >= 0.6 is 15.8 Å². The van der Waals surface area contributed by atoms with Gasteiger partial charge in [0.25, 0.3) is 0 Å². The second-order valence-corrected chi connectivity index (χ2v) is 17.7. The van der Waals surface area contributed by atoms with Crippen molar-refractivity contribution < 1.29 is 19.5 Å². The van der Waals surface area contributed by atoms with Crippen molar-refractivity contribution in [2.45, 2.75) is 50.3 Å². The third kappa shape index (κ3) is 10.4. The van der Waals surface area contributed by atoms with Crippen molar-refractivity contribution >= 4 is 26.5 Å². The predicted octanol–water partition coefficient (Wildman–Crippen LogP) is 10.9. The van der Waals surface area contributed by atoms with Gasteiger partial charge in [0.15, 0.2) is 0 Å². The van der Waals surface area contributed by atoms with E-state index < -0.39 is 15.8 Å². The summed E-state index contributed by atoms with van der Waals surface area (Å²) in [6, 6.07) is 59.9. The Kier molecular flexibility index (Phi) is 15.2. The van der Waals surface area contributed by atoms with Gasteiger partial charge in [0.1, 0.15) is 0 Å². The monoisotopic (exact) mass is 766 g/mol. The zero-order valence-electron chi connectivity index (χ0n) is 29.0. The van der Waals surface area contributed by atoms with E-state index >= 15 is 0 Å². The van der Waals surface area contributed by atoms with Crippen LogP contribution in [0.5, 0.6) is 0 Å². The third-order valence-electron chi connectivity index (χ3n) is 9.52. The first kappa shape index (κ1) is 38.6. The van der Waals surface area contributed by atoms with Crippen LogP contribution in [0.15, 0.2) is 158 Å². The Morgan fingerprint density at radius 2 is 0.633 bits per heavy atom. The van der Waals surface area contributed by atoms with Gasteiger partial charge in [0.2, 0.25) is 0 Å². The van der Waals surface area contributed by atoms with Crippen LogP contribution in [-0.4, -0.2) is 0 Å². The van der Waals surface area contributed by atoms with Crippen molar-refractivity contribution in [1.82, 2.24) is 0 Å². The second kappa shape index (κ2) is 19.3. The molecular weight excluding hydrogens is 716 g/mol. The fourth-order valence-corrected chi connectivity index (χ4v) is 13.1. The van der Waals surface area contributed by atoms with Crippen LogP contribution in [0.2, 0.25) is 0 Å². The van der Waals surface area contributed by atoms with E-state index in [0.717, 1.165) is 25.7 Å². The number of hydrogen-bond donors (Lipinski definition) is 0. The molecule has 0 radical (unpaired) electrons. The summed E-state index contributed by atoms with van der Waals surface area (Å²) in [5.41, 5.74) is 12.0. The molecule has 0 atom stereocenters. The van der Waals surface area contributed by atoms with Crippen molar-refractivity contribution in [3.8, 4) is 0 Å². The van der Waals surface area contributed by atoms with Gasteiger partial charge in [-0.3, -0.25) is 0 Å². The van der Waals surface area contributed by atoms with Gasteiger partial charge in [-0.1, -0.05) is 146 Å². The van der Waals surface area contributed by atoms with E-state index in [1.54, 1.807) is 21.7 Å². The van der Waals surface area contributed by atoms with Crippen molar-refractivity contribution in [3.05, 3.63) is 217 Å². The summed E-state index contributed by atoms with van der Waals surface area (Å²) in [7, 11) is -1.73. The summed E-state index contributed by atoms with van der Waals surface area (Å²) < 4.78 is 0. The summed E-state index contributed by atoms with van der Waals surface area (Å²) in [5.74, 6) is 0. The molecule has 6 aromatic carbocycles. The molecule has 250 valence electrons. The Bertz CT molecular complexity index is 1620. The van der Waals surface area contributed by atoms with Crippen LogP contribution in [0.1, 0.15) is 44.5 Å². The van der Waals surface area contributed by atoms with Crippen molar-refractivity contribution in [2.24, 2.45) is 0 Å².